The second-order valence-electron chi connectivity index (χ2n) is 6.61. The van der Waals surface area contributed by atoms with Gasteiger partial charge in [0.05, 0.1) is 13.7 Å². The van der Waals surface area contributed by atoms with E-state index in [1.807, 2.05) is 29.8 Å². The number of ether oxygens (including phenoxy) is 1. The molecular weight excluding hydrogens is 348 g/mol. The van der Waals surface area contributed by atoms with Crippen LogP contribution in [0.4, 0.5) is 0 Å². The van der Waals surface area contributed by atoms with Crippen LogP contribution >= 0.6 is 0 Å². The first kappa shape index (κ1) is 18.8. The standard InChI is InChI=1S/C19H24N4O4/c1-12(24)22-7-8-23(17(11-22)18(25)20-2)19(26)16-10-13-9-14(27-4)5-6-15(13)21(16)3/h5-6,9-10,17H,7-8,11H2,1-4H3,(H,20,25). The Kier molecular flexibility index (Phi) is 5.07. The summed E-state index contributed by atoms with van der Waals surface area (Å²) in [4.78, 5) is 40.4. The Labute approximate surface area is 157 Å². The van der Waals surface area contributed by atoms with Crippen molar-refractivity contribution in [3.05, 3.63) is 30.0 Å². The van der Waals surface area contributed by atoms with Gasteiger partial charge in [-0.3, -0.25) is 14.4 Å². The molecule has 144 valence electrons. The number of likely N-dealkylation sites (N-methyl/N-ethyl adjacent to an activating group) is 1. The molecule has 0 radical (unpaired) electrons. The molecule has 1 aliphatic rings. The third kappa shape index (κ3) is 3.34. The zero-order valence-electron chi connectivity index (χ0n) is 16.0. The number of hydrogen-bond donors (Lipinski definition) is 1. The van der Waals surface area contributed by atoms with Crippen molar-refractivity contribution in [3.8, 4) is 5.75 Å². The van der Waals surface area contributed by atoms with Crippen LogP contribution in [0.1, 0.15) is 17.4 Å². The van der Waals surface area contributed by atoms with E-state index in [4.69, 9.17) is 4.74 Å². The fourth-order valence-corrected chi connectivity index (χ4v) is 3.51. The van der Waals surface area contributed by atoms with Crippen molar-refractivity contribution in [2.75, 3.05) is 33.8 Å². The average Bonchev–Trinajstić information content (AvgIpc) is 3.02. The van der Waals surface area contributed by atoms with Crippen LogP contribution < -0.4 is 10.1 Å². The van der Waals surface area contributed by atoms with Gasteiger partial charge in [-0.2, -0.15) is 0 Å². The van der Waals surface area contributed by atoms with Gasteiger partial charge in [-0.15, -0.1) is 0 Å². The van der Waals surface area contributed by atoms with Crippen LogP contribution in [0.2, 0.25) is 0 Å². The van der Waals surface area contributed by atoms with E-state index in [0.29, 0.717) is 24.5 Å². The molecule has 1 aromatic heterocycles. The van der Waals surface area contributed by atoms with Gasteiger partial charge in [-0.1, -0.05) is 0 Å². The Morgan fingerprint density at radius 1 is 1.19 bits per heavy atom. The first-order valence-electron chi connectivity index (χ1n) is 8.79. The highest BCUT2D eigenvalue weighted by Crippen LogP contribution is 2.25. The van der Waals surface area contributed by atoms with Gasteiger partial charge in [0.25, 0.3) is 5.91 Å². The van der Waals surface area contributed by atoms with Crippen LogP contribution in [0.25, 0.3) is 10.9 Å². The smallest absolute Gasteiger partial charge is 0.271 e. The maximum atomic E-state index is 13.2. The van der Waals surface area contributed by atoms with E-state index in [1.54, 1.807) is 23.0 Å². The molecule has 0 aliphatic carbocycles. The summed E-state index contributed by atoms with van der Waals surface area (Å²) in [6.07, 6.45) is 0. The lowest BCUT2D eigenvalue weighted by molar-refractivity contribution is -0.135. The van der Waals surface area contributed by atoms with E-state index in [-0.39, 0.29) is 24.3 Å². The molecule has 1 aliphatic heterocycles. The second kappa shape index (κ2) is 7.30. The van der Waals surface area contributed by atoms with Crippen LogP contribution in [0, 0.1) is 0 Å². The molecule has 8 heteroatoms. The number of piperazine rings is 1. The molecule has 1 unspecified atom stereocenters. The highest BCUT2D eigenvalue weighted by Gasteiger charge is 2.37. The molecule has 1 atom stereocenters. The first-order valence-corrected chi connectivity index (χ1v) is 8.79. The normalized spacial score (nSPS) is 17.1. The maximum absolute atomic E-state index is 13.2. The molecule has 2 aromatic rings. The lowest BCUT2D eigenvalue weighted by atomic mass is 10.1. The molecule has 0 saturated carbocycles. The number of amides is 3. The topological polar surface area (TPSA) is 83.9 Å². The summed E-state index contributed by atoms with van der Waals surface area (Å²) >= 11 is 0. The van der Waals surface area contributed by atoms with Gasteiger partial charge in [-0.05, 0) is 24.3 Å². The molecule has 1 fully saturated rings. The van der Waals surface area contributed by atoms with Crippen molar-refractivity contribution in [1.82, 2.24) is 19.7 Å². The summed E-state index contributed by atoms with van der Waals surface area (Å²) in [5.41, 5.74) is 1.39. The van der Waals surface area contributed by atoms with E-state index in [0.717, 1.165) is 10.9 Å². The van der Waals surface area contributed by atoms with Crippen LogP contribution in [0.5, 0.6) is 5.75 Å². The number of fused-ring (bicyclic) bond motifs is 1. The van der Waals surface area contributed by atoms with Gasteiger partial charge in [0.15, 0.2) is 0 Å². The summed E-state index contributed by atoms with van der Waals surface area (Å²) in [5.74, 6) is 0.0947. The van der Waals surface area contributed by atoms with Gasteiger partial charge in [-0.25, -0.2) is 0 Å². The number of carbonyl (C=O) groups is 3. The first-order chi connectivity index (χ1) is 12.9. The largest absolute Gasteiger partial charge is 0.497 e. The quantitative estimate of drug-likeness (QED) is 0.856. The summed E-state index contributed by atoms with van der Waals surface area (Å²) < 4.78 is 7.07. The van der Waals surface area contributed by atoms with Crippen LogP contribution in [-0.2, 0) is 16.6 Å². The number of nitrogens with zero attached hydrogens (tertiary/aromatic N) is 3. The summed E-state index contributed by atoms with van der Waals surface area (Å²) in [7, 11) is 4.95. The van der Waals surface area contributed by atoms with E-state index < -0.39 is 6.04 Å². The van der Waals surface area contributed by atoms with E-state index in [1.165, 1.54) is 14.0 Å². The minimum atomic E-state index is -0.715. The fraction of sp³-hybridized carbons (Fsp3) is 0.421. The molecule has 0 spiro atoms. The molecular formula is C19H24N4O4. The Hall–Kier alpha value is -3.03. The van der Waals surface area contributed by atoms with Crippen LogP contribution in [0.15, 0.2) is 24.3 Å². The molecule has 0 bridgehead atoms. The fourth-order valence-electron chi connectivity index (χ4n) is 3.51. The summed E-state index contributed by atoms with van der Waals surface area (Å²) in [6, 6.07) is 6.70. The number of aromatic nitrogens is 1. The third-order valence-electron chi connectivity index (χ3n) is 5.10. The number of aryl methyl sites for hydroxylation is 1. The Bertz CT molecular complexity index is 904. The van der Waals surface area contributed by atoms with Gasteiger partial charge >= 0.3 is 0 Å². The predicted molar refractivity (Wildman–Crippen MR) is 101 cm³/mol. The molecule has 27 heavy (non-hydrogen) atoms. The van der Waals surface area contributed by atoms with Gasteiger partial charge in [0, 0.05) is 45.0 Å². The van der Waals surface area contributed by atoms with Crippen LogP contribution in [-0.4, -0.2) is 71.9 Å². The SMILES string of the molecule is CNC(=O)C1CN(C(C)=O)CCN1C(=O)c1cc2cc(OC)ccc2n1C. The monoisotopic (exact) mass is 372 g/mol. The maximum Gasteiger partial charge on any atom is 0.271 e. The number of rotatable bonds is 3. The van der Waals surface area contributed by atoms with Gasteiger partial charge in [0.2, 0.25) is 11.8 Å². The number of nitrogens with one attached hydrogen (secondary N) is 1. The van der Waals surface area contributed by atoms with Crippen molar-refractivity contribution in [2.24, 2.45) is 7.05 Å². The van der Waals surface area contributed by atoms with E-state index in [2.05, 4.69) is 5.32 Å². The van der Waals surface area contributed by atoms with Crippen molar-refractivity contribution < 1.29 is 19.1 Å². The number of carbonyl (C=O) groups excluding carboxylic acids is 3. The number of hydrogen-bond acceptors (Lipinski definition) is 4. The van der Waals surface area contributed by atoms with Crippen LogP contribution in [0.3, 0.4) is 0 Å². The predicted octanol–water partition coefficient (Wildman–Crippen LogP) is 0.606. The summed E-state index contributed by atoms with van der Waals surface area (Å²) in [5, 5.41) is 3.48. The molecule has 1 aromatic carbocycles. The zero-order valence-corrected chi connectivity index (χ0v) is 16.0. The lowest BCUT2D eigenvalue weighted by Crippen LogP contribution is -2.61. The van der Waals surface area contributed by atoms with E-state index in [9.17, 15) is 14.4 Å². The Morgan fingerprint density at radius 3 is 2.56 bits per heavy atom. The van der Waals surface area contributed by atoms with Crippen molar-refractivity contribution in [2.45, 2.75) is 13.0 Å². The highest BCUT2D eigenvalue weighted by molar-refractivity contribution is 6.01. The molecule has 1 N–H and O–H groups in total. The highest BCUT2D eigenvalue weighted by atomic mass is 16.5. The zero-order chi connectivity index (χ0) is 19.7. The van der Waals surface area contributed by atoms with Crippen molar-refractivity contribution in [3.63, 3.8) is 0 Å². The molecule has 2 heterocycles. The lowest BCUT2D eigenvalue weighted by Gasteiger charge is -2.40. The number of benzene rings is 1. The summed E-state index contributed by atoms with van der Waals surface area (Å²) in [6.45, 7) is 2.38. The Balaban J connectivity index is 1.95. The second-order valence-corrected chi connectivity index (χ2v) is 6.61. The minimum Gasteiger partial charge on any atom is -0.497 e. The number of methoxy groups -OCH3 is 1. The van der Waals surface area contributed by atoms with Crippen molar-refractivity contribution in [1.29, 1.82) is 0 Å². The average molecular weight is 372 g/mol. The molecule has 3 rings (SSSR count). The third-order valence-corrected chi connectivity index (χ3v) is 5.10. The minimum absolute atomic E-state index is 0.104. The van der Waals surface area contributed by atoms with Crippen molar-refractivity contribution >= 4 is 28.6 Å². The van der Waals surface area contributed by atoms with E-state index >= 15 is 0 Å². The van der Waals surface area contributed by atoms with Gasteiger partial charge < -0.3 is 24.4 Å². The van der Waals surface area contributed by atoms with Gasteiger partial charge in [0.1, 0.15) is 17.5 Å². The molecule has 1 saturated heterocycles. The Morgan fingerprint density at radius 2 is 1.93 bits per heavy atom. The molecule has 8 nitrogen and oxygen atoms in total. The molecule has 3 amide bonds.